The van der Waals surface area contributed by atoms with Crippen LogP contribution in [0, 0.1) is 16.0 Å². The number of hydrogen-bond donors (Lipinski definition) is 0. The normalized spacial score (nSPS) is 16.8. The summed E-state index contributed by atoms with van der Waals surface area (Å²) in [7, 11) is 0. The lowest BCUT2D eigenvalue weighted by Gasteiger charge is -1.95. The third-order valence-electron chi connectivity index (χ3n) is 1.65. The molecule has 0 amide bonds. The number of rotatable bonds is 5. The Bertz CT molecular complexity index is 122. The second-order valence-corrected chi connectivity index (χ2v) is 2.64. The summed E-state index contributed by atoms with van der Waals surface area (Å²) in [6.07, 6.45) is 4.52. The van der Waals surface area contributed by atoms with Crippen molar-refractivity contribution in [3.05, 3.63) is 10.1 Å². The molecule has 0 unspecified atom stereocenters. The number of hydrogen-bond acceptors (Lipinski definition) is 3. The average Bonchev–Trinajstić information content (AvgIpc) is 2.62. The van der Waals surface area contributed by atoms with Crippen LogP contribution in [0.3, 0.4) is 0 Å². The summed E-state index contributed by atoms with van der Waals surface area (Å²) in [4.78, 5) is 13.8. The molecule has 0 atom stereocenters. The molecule has 1 saturated carbocycles. The molecule has 1 rings (SSSR count). The SMILES string of the molecule is O=[N+]([O-])OCCCC1CC1. The van der Waals surface area contributed by atoms with Crippen molar-refractivity contribution in [3.63, 3.8) is 0 Å². The molecule has 4 heteroatoms. The Balaban J connectivity index is 1.80. The molecule has 0 aliphatic heterocycles. The molecule has 0 bridgehead atoms. The van der Waals surface area contributed by atoms with Gasteiger partial charge in [0.05, 0.1) is 6.61 Å². The first kappa shape index (κ1) is 7.31. The van der Waals surface area contributed by atoms with Crippen molar-refractivity contribution in [3.8, 4) is 0 Å². The van der Waals surface area contributed by atoms with Crippen molar-refractivity contribution in [1.29, 1.82) is 0 Å². The molecule has 0 aromatic rings. The molecule has 4 nitrogen and oxygen atoms in total. The highest BCUT2D eigenvalue weighted by Crippen LogP contribution is 2.33. The minimum atomic E-state index is -0.729. The fourth-order valence-corrected chi connectivity index (χ4v) is 0.918. The minimum absolute atomic E-state index is 0.267. The van der Waals surface area contributed by atoms with E-state index in [0.717, 1.165) is 18.8 Å². The molecular weight excluding hydrogens is 134 g/mol. The van der Waals surface area contributed by atoms with Gasteiger partial charge in [0.25, 0.3) is 5.09 Å². The monoisotopic (exact) mass is 145 g/mol. The first-order valence-electron chi connectivity index (χ1n) is 3.56. The van der Waals surface area contributed by atoms with Crippen LogP contribution in [0.5, 0.6) is 0 Å². The highest BCUT2D eigenvalue weighted by atomic mass is 16.9. The van der Waals surface area contributed by atoms with E-state index in [2.05, 4.69) is 4.84 Å². The molecule has 0 aromatic heterocycles. The van der Waals surface area contributed by atoms with Crippen LogP contribution in [0.15, 0.2) is 0 Å². The molecule has 0 heterocycles. The van der Waals surface area contributed by atoms with Crippen LogP contribution in [-0.2, 0) is 4.84 Å². The first-order valence-corrected chi connectivity index (χ1v) is 3.56. The summed E-state index contributed by atoms with van der Waals surface area (Å²) in [5, 5.41) is 8.91. The van der Waals surface area contributed by atoms with Gasteiger partial charge in [0, 0.05) is 0 Å². The van der Waals surface area contributed by atoms with Gasteiger partial charge in [-0.1, -0.05) is 12.8 Å². The molecule has 1 aliphatic carbocycles. The van der Waals surface area contributed by atoms with Crippen LogP contribution in [-0.4, -0.2) is 11.7 Å². The van der Waals surface area contributed by atoms with E-state index >= 15 is 0 Å². The van der Waals surface area contributed by atoms with E-state index in [1.165, 1.54) is 12.8 Å². The summed E-state index contributed by atoms with van der Waals surface area (Å²) in [6.45, 7) is 0.267. The summed E-state index contributed by atoms with van der Waals surface area (Å²) >= 11 is 0. The third-order valence-corrected chi connectivity index (χ3v) is 1.65. The first-order chi connectivity index (χ1) is 4.79. The third kappa shape index (κ3) is 3.27. The van der Waals surface area contributed by atoms with Gasteiger partial charge in [0.1, 0.15) is 0 Å². The molecule has 1 aliphatic rings. The van der Waals surface area contributed by atoms with Gasteiger partial charge in [0.15, 0.2) is 0 Å². The minimum Gasteiger partial charge on any atom is -0.314 e. The Morgan fingerprint density at radius 1 is 1.60 bits per heavy atom. The van der Waals surface area contributed by atoms with Gasteiger partial charge in [-0.2, -0.15) is 0 Å². The predicted molar refractivity (Wildman–Crippen MR) is 34.9 cm³/mol. The summed E-state index contributed by atoms with van der Waals surface area (Å²) < 4.78 is 0. The van der Waals surface area contributed by atoms with Crippen molar-refractivity contribution in [1.82, 2.24) is 0 Å². The predicted octanol–water partition coefficient (Wildman–Crippen LogP) is 1.38. The van der Waals surface area contributed by atoms with Gasteiger partial charge in [-0.25, -0.2) is 0 Å². The Morgan fingerprint density at radius 2 is 2.30 bits per heavy atom. The Hall–Kier alpha value is -0.800. The Morgan fingerprint density at radius 3 is 2.80 bits per heavy atom. The lowest BCUT2D eigenvalue weighted by molar-refractivity contribution is -0.757. The van der Waals surface area contributed by atoms with E-state index in [0.29, 0.717) is 0 Å². The van der Waals surface area contributed by atoms with E-state index in [1.807, 2.05) is 0 Å². The molecule has 1 fully saturated rings. The molecule has 58 valence electrons. The van der Waals surface area contributed by atoms with Crippen molar-refractivity contribution in [2.24, 2.45) is 5.92 Å². The maximum atomic E-state index is 9.64. The van der Waals surface area contributed by atoms with Crippen molar-refractivity contribution < 1.29 is 9.92 Å². The van der Waals surface area contributed by atoms with E-state index in [4.69, 9.17) is 0 Å². The van der Waals surface area contributed by atoms with Crippen molar-refractivity contribution in [2.45, 2.75) is 25.7 Å². The second-order valence-electron chi connectivity index (χ2n) is 2.64. The summed E-state index contributed by atoms with van der Waals surface area (Å²) in [5.74, 6) is 0.843. The summed E-state index contributed by atoms with van der Waals surface area (Å²) in [6, 6.07) is 0. The maximum absolute atomic E-state index is 9.64. The molecule has 0 saturated heterocycles. The standard InChI is InChI=1S/C6H11NO3/c8-7(9)10-5-1-2-6-3-4-6/h6H,1-5H2. The molecule has 0 radical (unpaired) electrons. The van der Waals surface area contributed by atoms with Crippen LogP contribution in [0.1, 0.15) is 25.7 Å². The van der Waals surface area contributed by atoms with Crippen LogP contribution in [0.2, 0.25) is 0 Å². The van der Waals surface area contributed by atoms with E-state index in [-0.39, 0.29) is 6.61 Å². The van der Waals surface area contributed by atoms with Gasteiger partial charge in [-0.15, -0.1) is 10.1 Å². The highest BCUT2D eigenvalue weighted by molar-refractivity contribution is 4.72. The zero-order chi connectivity index (χ0) is 7.40. The largest absolute Gasteiger partial charge is 0.314 e. The van der Waals surface area contributed by atoms with Gasteiger partial charge in [-0.3, -0.25) is 0 Å². The molecule has 0 aromatic carbocycles. The van der Waals surface area contributed by atoms with Crippen molar-refractivity contribution in [2.75, 3.05) is 6.61 Å². The zero-order valence-corrected chi connectivity index (χ0v) is 5.78. The lowest BCUT2D eigenvalue weighted by atomic mass is 10.2. The van der Waals surface area contributed by atoms with Crippen LogP contribution in [0.4, 0.5) is 0 Å². The second kappa shape index (κ2) is 3.39. The Kier molecular flexibility index (Phi) is 2.48. The summed E-state index contributed by atoms with van der Waals surface area (Å²) in [5.41, 5.74) is 0. The molecular formula is C6H11NO3. The van der Waals surface area contributed by atoms with Gasteiger partial charge >= 0.3 is 0 Å². The van der Waals surface area contributed by atoms with Gasteiger partial charge < -0.3 is 4.84 Å². The zero-order valence-electron chi connectivity index (χ0n) is 5.78. The fraction of sp³-hybridized carbons (Fsp3) is 1.00. The molecule has 0 N–H and O–H groups in total. The van der Waals surface area contributed by atoms with Gasteiger partial charge in [0.2, 0.25) is 0 Å². The lowest BCUT2D eigenvalue weighted by Crippen LogP contribution is -2.01. The smallest absolute Gasteiger partial charge is 0.294 e. The highest BCUT2D eigenvalue weighted by Gasteiger charge is 2.20. The molecule has 10 heavy (non-hydrogen) atoms. The fourth-order valence-electron chi connectivity index (χ4n) is 0.918. The van der Waals surface area contributed by atoms with E-state index < -0.39 is 5.09 Å². The van der Waals surface area contributed by atoms with Gasteiger partial charge in [-0.05, 0) is 18.8 Å². The van der Waals surface area contributed by atoms with Crippen molar-refractivity contribution >= 4 is 0 Å². The van der Waals surface area contributed by atoms with E-state index in [1.54, 1.807) is 0 Å². The topological polar surface area (TPSA) is 52.4 Å². The van der Waals surface area contributed by atoms with Crippen LogP contribution in [0.25, 0.3) is 0 Å². The average molecular weight is 145 g/mol. The quantitative estimate of drug-likeness (QED) is 0.333. The number of nitrogens with zero attached hydrogens (tertiary/aromatic N) is 1. The molecule has 0 spiro atoms. The van der Waals surface area contributed by atoms with Crippen LogP contribution < -0.4 is 0 Å². The van der Waals surface area contributed by atoms with E-state index in [9.17, 15) is 10.1 Å². The Labute approximate surface area is 59.3 Å². The maximum Gasteiger partial charge on any atom is 0.294 e. The van der Waals surface area contributed by atoms with Crippen LogP contribution >= 0.6 is 0 Å².